The van der Waals surface area contributed by atoms with Crippen LogP contribution in [0.25, 0.3) is 0 Å². The molecule has 1 aromatic carbocycles. The number of carboxylic acid groups (broad SMARTS) is 1. The molecule has 5 heteroatoms. The lowest BCUT2D eigenvalue weighted by Crippen LogP contribution is -2.36. The Morgan fingerprint density at radius 2 is 2.21 bits per heavy atom. The summed E-state index contributed by atoms with van der Waals surface area (Å²) in [5.74, 6) is -1.04. The van der Waals surface area contributed by atoms with E-state index >= 15 is 0 Å². The van der Waals surface area contributed by atoms with Gasteiger partial charge in [0.2, 0.25) is 0 Å². The van der Waals surface area contributed by atoms with Crippen molar-refractivity contribution in [3.63, 3.8) is 0 Å². The number of nitrogens with two attached hydrogens (primary N) is 1. The van der Waals surface area contributed by atoms with E-state index in [-0.39, 0.29) is 6.54 Å². The van der Waals surface area contributed by atoms with E-state index in [1.54, 1.807) is 24.3 Å². The fourth-order valence-electron chi connectivity index (χ4n) is 0.912. The number of carboxylic acids is 1. The zero-order valence-electron chi connectivity index (χ0n) is 7.40. The van der Waals surface area contributed by atoms with Gasteiger partial charge >= 0.3 is 5.97 Å². The number of aliphatic carboxylic acids is 1. The molecule has 4 N–H and O–H groups in total. The fourth-order valence-corrected chi connectivity index (χ4v) is 1.11. The van der Waals surface area contributed by atoms with Crippen LogP contribution < -0.4 is 11.1 Å². The molecule has 0 fully saturated rings. The summed E-state index contributed by atoms with van der Waals surface area (Å²) in [6.45, 7) is 0.152. The van der Waals surface area contributed by atoms with Crippen LogP contribution >= 0.6 is 11.6 Å². The maximum Gasteiger partial charge on any atom is 0.322 e. The smallest absolute Gasteiger partial charge is 0.322 e. The SMILES string of the molecule is NC(CNc1ccccc1Cl)C(=O)O. The molecule has 0 saturated carbocycles. The van der Waals surface area contributed by atoms with Crippen molar-refractivity contribution < 1.29 is 9.90 Å². The molecule has 0 radical (unpaired) electrons. The first-order chi connectivity index (χ1) is 6.61. The minimum absolute atomic E-state index is 0.152. The lowest BCUT2D eigenvalue weighted by molar-refractivity contribution is -0.138. The van der Waals surface area contributed by atoms with E-state index in [4.69, 9.17) is 22.4 Å². The Morgan fingerprint density at radius 3 is 2.79 bits per heavy atom. The molecule has 1 aromatic rings. The topological polar surface area (TPSA) is 75.3 Å². The highest BCUT2D eigenvalue weighted by atomic mass is 35.5. The second-order valence-corrected chi connectivity index (χ2v) is 3.21. The number of hydrogen-bond donors (Lipinski definition) is 3. The molecule has 0 aliphatic carbocycles. The monoisotopic (exact) mass is 214 g/mol. The molecule has 0 spiro atoms. The van der Waals surface area contributed by atoms with E-state index in [0.717, 1.165) is 0 Å². The molecule has 1 rings (SSSR count). The third-order valence-electron chi connectivity index (χ3n) is 1.70. The Morgan fingerprint density at radius 1 is 1.57 bits per heavy atom. The van der Waals surface area contributed by atoms with Crippen molar-refractivity contribution in [2.75, 3.05) is 11.9 Å². The van der Waals surface area contributed by atoms with Gasteiger partial charge in [0, 0.05) is 6.54 Å². The second-order valence-electron chi connectivity index (χ2n) is 2.81. The van der Waals surface area contributed by atoms with Crippen LogP contribution in [-0.2, 0) is 4.79 Å². The average Bonchev–Trinajstić information content (AvgIpc) is 2.16. The van der Waals surface area contributed by atoms with Crippen molar-refractivity contribution in [1.29, 1.82) is 0 Å². The Hall–Kier alpha value is -1.26. The van der Waals surface area contributed by atoms with Crippen LogP contribution in [-0.4, -0.2) is 23.7 Å². The van der Waals surface area contributed by atoms with E-state index in [0.29, 0.717) is 10.7 Å². The largest absolute Gasteiger partial charge is 0.480 e. The molecular weight excluding hydrogens is 204 g/mol. The zero-order valence-corrected chi connectivity index (χ0v) is 8.16. The molecule has 0 aliphatic heterocycles. The molecule has 4 nitrogen and oxygen atoms in total. The van der Waals surface area contributed by atoms with E-state index in [2.05, 4.69) is 5.32 Å². The van der Waals surface area contributed by atoms with Crippen LogP contribution in [0.4, 0.5) is 5.69 Å². The van der Waals surface area contributed by atoms with Crippen LogP contribution in [0, 0.1) is 0 Å². The van der Waals surface area contributed by atoms with Gasteiger partial charge < -0.3 is 16.2 Å². The lowest BCUT2D eigenvalue weighted by Gasteiger charge is -2.10. The van der Waals surface area contributed by atoms with Gasteiger partial charge in [-0.05, 0) is 12.1 Å². The van der Waals surface area contributed by atoms with E-state index in [1.165, 1.54) is 0 Å². The van der Waals surface area contributed by atoms with Crippen molar-refractivity contribution >= 4 is 23.3 Å². The number of rotatable bonds is 4. The Labute approximate surface area is 86.7 Å². The third-order valence-corrected chi connectivity index (χ3v) is 2.03. The highest BCUT2D eigenvalue weighted by molar-refractivity contribution is 6.33. The van der Waals surface area contributed by atoms with Crippen LogP contribution in [0.1, 0.15) is 0 Å². The summed E-state index contributed by atoms with van der Waals surface area (Å²) in [7, 11) is 0. The predicted molar refractivity (Wildman–Crippen MR) is 55.6 cm³/mol. The normalized spacial score (nSPS) is 12.1. The first kappa shape index (κ1) is 10.8. The van der Waals surface area contributed by atoms with Crippen molar-refractivity contribution in [3.8, 4) is 0 Å². The molecule has 1 atom stereocenters. The maximum atomic E-state index is 10.4. The van der Waals surface area contributed by atoms with E-state index in [9.17, 15) is 4.79 Å². The van der Waals surface area contributed by atoms with Gasteiger partial charge in [-0.15, -0.1) is 0 Å². The zero-order chi connectivity index (χ0) is 10.6. The first-order valence-corrected chi connectivity index (χ1v) is 4.46. The Bertz CT molecular complexity index is 330. The number of benzene rings is 1. The van der Waals surface area contributed by atoms with E-state index < -0.39 is 12.0 Å². The van der Waals surface area contributed by atoms with Crippen LogP contribution in [0.3, 0.4) is 0 Å². The van der Waals surface area contributed by atoms with Gasteiger partial charge in [0.1, 0.15) is 6.04 Å². The van der Waals surface area contributed by atoms with Crippen molar-refractivity contribution in [3.05, 3.63) is 29.3 Å². The number of halogens is 1. The standard InChI is InChI=1S/C9H11ClN2O2/c10-6-3-1-2-4-8(6)12-5-7(11)9(13)14/h1-4,7,12H,5,11H2,(H,13,14). The second kappa shape index (κ2) is 4.83. The molecule has 0 saturated heterocycles. The van der Waals surface area contributed by atoms with Crippen LogP contribution in [0.15, 0.2) is 24.3 Å². The molecule has 0 heterocycles. The number of nitrogens with one attached hydrogen (secondary N) is 1. The molecule has 76 valence electrons. The highest BCUT2D eigenvalue weighted by Gasteiger charge is 2.10. The van der Waals surface area contributed by atoms with Gasteiger partial charge in [-0.25, -0.2) is 0 Å². The number of hydrogen-bond acceptors (Lipinski definition) is 3. The van der Waals surface area contributed by atoms with Gasteiger partial charge in [-0.3, -0.25) is 4.79 Å². The highest BCUT2D eigenvalue weighted by Crippen LogP contribution is 2.19. The van der Waals surface area contributed by atoms with Gasteiger partial charge in [0.25, 0.3) is 0 Å². The van der Waals surface area contributed by atoms with Crippen molar-refractivity contribution in [2.45, 2.75) is 6.04 Å². The number of anilines is 1. The third kappa shape index (κ3) is 2.90. The summed E-state index contributed by atoms with van der Waals surface area (Å²) in [4.78, 5) is 10.4. The van der Waals surface area contributed by atoms with E-state index in [1.807, 2.05) is 0 Å². The molecular formula is C9H11ClN2O2. The predicted octanol–water partition coefficient (Wildman–Crippen LogP) is 1.16. The molecule has 0 aliphatic rings. The Kier molecular flexibility index (Phi) is 3.73. The van der Waals surface area contributed by atoms with Gasteiger partial charge in [0.05, 0.1) is 10.7 Å². The molecule has 1 unspecified atom stereocenters. The van der Waals surface area contributed by atoms with Crippen LogP contribution in [0.5, 0.6) is 0 Å². The van der Waals surface area contributed by atoms with Crippen molar-refractivity contribution in [2.24, 2.45) is 5.73 Å². The maximum absolute atomic E-state index is 10.4. The number of carbonyl (C=O) groups is 1. The molecule has 0 bridgehead atoms. The summed E-state index contributed by atoms with van der Waals surface area (Å²) in [6, 6.07) is 6.16. The van der Waals surface area contributed by atoms with Crippen LogP contribution in [0.2, 0.25) is 5.02 Å². The van der Waals surface area contributed by atoms with Gasteiger partial charge in [-0.2, -0.15) is 0 Å². The lowest BCUT2D eigenvalue weighted by atomic mass is 10.3. The summed E-state index contributed by atoms with van der Waals surface area (Å²) < 4.78 is 0. The Balaban J connectivity index is 2.54. The minimum Gasteiger partial charge on any atom is -0.480 e. The summed E-state index contributed by atoms with van der Waals surface area (Å²) in [5.41, 5.74) is 6.00. The summed E-state index contributed by atoms with van der Waals surface area (Å²) >= 11 is 5.84. The molecule has 0 aromatic heterocycles. The number of para-hydroxylation sites is 1. The molecule has 0 amide bonds. The minimum atomic E-state index is -1.04. The fraction of sp³-hybridized carbons (Fsp3) is 0.222. The van der Waals surface area contributed by atoms with Crippen molar-refractivity contribution in [1.82, 2.24) is 0 Å². The van der Waals surface area contributed by atoms with Gasteiger partial charge in [-0.1, -0.05) is 23.7 Å². The summed E-state index contributed by atoms with van der Waals surface area (Å²) in [6.07, 6.45) is 0. The quantitative estimate of drug-likeness (QED) is 0.703. The first-order valence-electron chi connectivity index (χ1n) is 4.08. The van der Waals surface area contributed by atoms with Gasteiger partial charge in [0.15, 0.2) is 0 Å². The summed E-state index contributed by atoms with van der Waals surface area (Å²) in [5, 5.41) is 11.9. The average molecular weight is 215 g/mol. The molecule has 14 heavy (non-hydrogen) atoms.